The predicted octanol–water partition coefficient (Wildman–Crippen LogP) is 1.94. The minimum absolute atomic E-state index is 0.0606. The van der Waals surface area contributed by atoms with Gasteiger partial charge >= 0.3 is 0 Å². The van der Waals surface area contributed by atoms with Crippen molar-refractivity contribution < 1.29 is 14.3 Å². The maximum atomic E-state index is 12.8. The number of carbonyl (C=O) groups is 1. The molecule has 2 aliphatic heterocycles. The van der Waals surface area contributed by atoms with Crippen molar-refractivity contribution in [3.05, 3.63) is 29.3 Å². The molecule has 2 aliphatic rings. The molecule has 0 aliphatic carbocycles. The van der Waals surface area contributed by atoms with Gasteiger partial charge < -0.3 is 14.4 Å². The average Bonchev–Trinajstić information content (AvgIpc) is 2.81. The third-order valence-corrected chi connectivity index (χ3v) is 4.31. The quantitative estimate of drug-likeness (QED) is 0.791. The number of hydrogen-bond donors (Lipinski definition) is 0. The summed E-state index contributed by atoms with van der Waals surface area (Å²) >= 11 is 0. The molecule has 0 saturated carbocycles. The van der Waals surface area contributed by atoms with Crippen molar-refractivity contribution in [2.24, 2.45) is 0 Å². The molecule has 0 aromatic heterocycles. The van der Waals surface area contributed by atoms with E-state index in [1.807, 2.05) is 19.1 Å². The second kappa shape index (κ2) is 5.38. The van der Waals surface area contributed by atoms with Crippen LogP contribution in [-0.4, -0.2) is 42.7 Å². The Balaban J connectivity index is 1.95. The number of amides is 1. The molecule has 1 fully saturated rings. The summed E-state index contributed by atoms with van der Waals surface area (Å²) in [6.45, 7) is 5.27. The number of ether oxygens (including phenoxy) is 2. The normalized spacial score (nSPS) is 27.7. The van der Waals surface area contributed by atoms with Crippen LogP contribution in [0.3, 0.4) is 0 Å². The lowest BCUT2D eigenvalue weighted by molar-refractivity contribution is 0.0130. The number of morpholine rings is 1. The van der Waals surface area contributed by atoms with Gasteiger partial charge in [-0.05, 0) is 13.0 Å². The van der Waals surface area contributed by atoms with Gasteiger partial charge in [-0.1, -0.05) is 19.1 Å². The lowest BCUT2D eigenvalue weighted by Crippen LogP contribution is -2.48. The first-order chi connectivity index (χ1) is 10.1. The van der Waals surface area contributed by atoms with Gasteiger partial charge in [0.25, 0.3) is 5.91 Å². The lowest BCUT2D eigenvalue weighted by Gasteiger charge is -2.31. The van der Waals surface area contributed by atoms with Crippen molar-refractivity contribution in [3.8, 4) is 11.8 Å². The van der Waals surface area contributed by atoms with E-state index in [4.69, 9.17) is 9.47 Å². The fourth-order valence-electron chi connectivity index (χ4n) is 2.86. The topological polar surface area (TPSA) is 62.6 Å². The predicted molar refractivity (Wildman–Crippen MR) is 76.2 cm³/mol. The number of benzene rings is 1. The zero-order valence-corrected chi connectivity index (χ0v) is 12.2. The summed E-state index contributed by atoms with van der Waals surface area (Å²) in [6.07, 6.45) is 0.0606. The fraction of sp³-hybridized carbons (Fsp3) is 0.500. The zero-order chi connectivity index (χ0) is 15.0. The first-order valence-corrected chi connectivity index (χ1v) is 7.21. The van der Waals surface area contributed by atoms with Crippen molar-refractivity contribution in [2.45, 2.75) is 31.9 Å². The molecule has 0 radical (unpaired) electrons. The highest BCUT2D eigenvalue weighted by atomic mass is 16.5. The van der Waals surface area contributed by atoms with Crippen LogP contribution in [0, 0.1) is 11.3 Å². The lowest BCUT2D eigenvalue weighted by atomic mass is 9.96. The second-order valence-corrected chi connectivity index (χ2v) is 5.55. The summed E-state index contributed by atoms with van der Waals surface area (Å²) in [6, 6.07) is 7.26. The molecular formula is C16H18N2O3. The van der Waals surface area contributed by atoms with Crippen molar-refractivity contribution in [3.63, 3.8) is 0 Å². The smallest absolute Gasteiger partial charge is 0.258 e. The average molecular weight is 286 g/mol. The number of fused-ring (bicyclic) bond motifs is 1. The third-order valence-electron chi connectivity index (χ3n) is 4.31. The first kappa shape index (κ1) is 13.9. The van der Waals surface area contributed by atoms with Gasteiger partial charge in [0.15, 0.2) is 0 Å². The van der Waals surface area contributed by atoms with Crippen molar-refractivity contribution in [2.75, 3.05) is 19.8 Å². The summed E-state index contributed by atoms with van der Waals surface area (Å²) in [5, 5.41) is 9.18. The van der Waals surface area contributed by atoms with Gasteiger partial charge in [-0.3, -0.25) is 4.79 Å². The molecule has 110 valence electrons. The Morgan fingerprint density at radius 1 is 1.43 bits per heavy atom. The second-order valence-electron chi connectivity index (χ2n) is 5.55. The highest BCUT2D eigenvalue weighted by molar-refractivity contribution is 5.98. The number of nitrogens with zero attached hydrogens (tertiary/aromatic N) is 2. The first-order valence-electron chi connectivity index (χ1n) is 7.21. The summed E-state index contributed by atoms with van der Waals surface area (Å²) in [5.41, 5.74) is 1.61. The van der Waals surface area contributed by atoms with E-state index in [2.05, 4.69) is 13.0 Å². The summed E-state index contributed by atoms with van der Waals surface area (Å²) in [7, 11) is 0. The van der Waals surface area contributed by atoms with E-state index < -0.39 is 6.04 Å². The van der Waals surface area contributed by atoms with Gasteiger partial charge in [-0.2, -0.15) is 5.26 Å². The number of nitriles is 1. The van der Waals surface area contributed by atoms with E-state index in [9.17, 15) is 10.1 Å². The monoisotopic (exact) mass is 286 g/mol. The molecule has 3 rings (SSSR count). The summed E-state index contributed by atoms with van der Waals surface area (Å²) < 4.78 is 11.1. The zero-order valence-electron chi connectivity index (χ0n) is 12.2. The van der Waals surface area contributed by atoms with Gasteiger partial charge in [0.1, 0.15) is 17.9 Å². The highest BCUT2D eigenvalue weighted by Gasteiger charge is 2.34. The molecule has 21 heavy (non-hydrogen) atoms. The van der Waals surface area contributed by atoms with Gasteiger partial charge in [-0.25, -0.2) is 0 Å². The van der Waals surface area contributed by atoms with Crippen LogP contribution in [0.25, 0.3) is 0 Å². The minimum Gasteiger partial charge on any atom is -0.489 e. The van der Waals surface area contributed by atoms with Crippen molar-refractivity contribution >= 4 is 5.91 Å². The molecule has 5 nitrogen and oxygen atoms in total. The van der Waals surface area contributed by atoms with E-state index in [1.165, 1.54) is 0 Å². The molecular weight excluding hydrogens is 268 g/mol. The van der Waals surface area contributed by atoms with Crippen molar-refractivity contribution in [1.29, 1.82) is 5.26 Å². The van der Waals surface area contributed by atoms with Crippen LogP contribution < -0.4 is 4.74 Å². The fourth-order valence-corrected chi connectivity index (χ4v) is 2.86. The van der Waals surface area contributed by atoms with Gasteiger partial charge in [0.2, 0.25) is 0 Å². The SMILES string of the molecule is C[C@@H]1Oc2c(C(=O)N3CCOC[C@H]3C#N)cccc2[C@H]1C. The molecule has 1 aromatic rings. The Bertz CT molecular complexity index is 608. The molecule has 1 aromatic carbocycles. The van der Waals surface area contributed by atoms with Crippen molar-refractivity contribution in [1.82, 2.24) is 4.90 Å². The van der Waals surface area contributed by atoms with Gasteiger partial charge in [-0.15, -0.1) is 0 Å². The summed E-state index contributed by atoms with van der Waals surface area (Å²) in [5.74, 6) is 0.790. The largest absolute Gasteiger partial charge is 0.489 e. The summed E-state index contributed by atoms with van der Waals surface area (Å²) in [4.78, 5) is 14.4. The number of rotatable bonds is 1. The van der Waals surface area contributed by atoms with Gasteiger partial charge in [0, 0.05) is 18.0 Å². The van der Waals surface area contributed by atoms with Crippen LogP contribution in [0.1, 0.15) is 35.7 Å². The molecule has 0 N–H and O–H groups in total. The standard InChI is InChI=1S/C16H18N2O3/c1-10-11(2)21-15-13(10)4-3-5-14(15)16(19)18-6-7-20-9-12(18)8-17/h3-5,10-12H,6-7,9H2,1-2H3/t10-,11-,12+/m0/s1. The van der Waals surface area contributed by atoms with Crippen LogP contribution >= 0.6 is 0 Å². The maximum absolute atomic E-state index is 12.8. The number of hydrogen-bond acceptors (Lipinski definition) is 4. The Hall–Kier alpha value is -2.06. The molecule has 0 spiro atoms. The van der Waals surface area contributed by atoms with Crippen LogP contribution in [0.15, 0.2) is 18.2 Å². The minimum atomic E-state index is -0.529. The van der Waals surface area contributed by atoms with Gasteiger partial charge in [0.05, 0.1) is 24.8 Å². The Morgan fingerprint density at radius 2 is 2.24 bits per heavy atom. The number of para-hydroxylation sites is 1. The van der Waals surface area contributed by atoms with E-state index in [-0.39, 0.29) is 24.5 Å². The highest BCUT2D eigenvalue weighted by Crippen LogP contribution is 2.40. The molecule has 0 bridgehead atoms. The number of carbonyl (C=O) groups excluding carboxylic acids is 1. The Labute approximate surface area is 124 Å². The van der Waals surface area contributed by atoms with E-state index in [1.54, 1.807) is 11.0 Å². The van der Waals surface area contributed by atoms with Crippen LogP contribution in [0.5, 0.6) is 5.75 Å². The van der Waals surface area contributed by atoms with Crippen LogP contribution in [-0.2, 0) is 4.74 Å². The molecule has 0 unspecified atom stereocenters. The molecule has 2 heterocycles. The van der Waals surface area contributed by atoms with E-state index in [0.29, 0.717) is 24.5 Å². The van der Waals surface area contributed by atoms with Crippen LogP contribution in [0.2, 0.25) is 0 Å². The molecule has 1 saturated heterocycles. The van der Waals surface area contributed by atoms with E-state index in [0.717, 1.165) is 5.56 Å². The molecule has 5 heteroatoms. The van der Waals surface area contributed by atoms with E-state index >= 15 is 0 Å². The molecule has 1 amide bonds. The Morgan fingerprint density at radius 3 is 3.00 bits per heavy atom. The maximum Gasteiger partial charge on any atom is 0.258 e. The Kier molecular flexibility index (Phi) is 3.56. The van der Waals surface area contributed by atoms with Crippen LogP contribution in [0.4, 0.5) is 0 Å². The third kappa shape index (κ3) is 2.26. The molecule has 3 atom stereocenters.